The molecule has 0 bridgehead atoms. The Morgan fingerprint density at radius 2 is 2.31 bits per heavy atom. The highest BCUT2D eigenvalue weighted by Gasteiger charge is 2.16. The molecule has 7 nitrogen and oxygen atoms in total. The van der Waals surface area contributed by atoms with Crippen LogP contribution in [-0.2, 0) is 11.3 Å². The molecule has 0 saturated carbocycles. The maximum Gasteiger partial charge on any atom is 0.247 e. The second kappa shape index (κ2) is 7.01. The van der Waals surface area contributed by atoms with Crippen LogP contribution in [0.2, 0.25) is 0 Å². The molecular weight excluding hydrogens is 348 g/mol. The number of carbonyl (C=O) groups excluding carboxylic acids is 1. The molecule has 0 unspecified atom stereocenters. The average Bonchev–Trinajstić information content (AvgIpc) is 3.41. The molecule has 3 aromatic rings. The second-order valence-electron chi connectivity index (χ2n) is 5.83. The number of nitrogens with zero attached hydrogens (tertiary/aromatic N) is 5. The maximum atomic E-state index is 12.4. The number of aryl methyl sites for hydroxylation is 1. The molecule has 4 rings (SSSR count). The standard InChI is InChI=1S/C18H16N6OS/c1-12-23-16(9-26-12)14-3-4-15(6-14)18(25)21-8-13-2-5-17(20-7-13)24-11-19-10-22-24/h2-3,5-7,9-11H,4,8H2,1H3,(H,21,25). The monoisotopic (exact) mass is 364 g/mol. The van der Waals surface area contributed by atoms with E-state index in [9.17, 15) is 4.79 Å². The van der Waals surface area contributed by atoms with Crippen LogP contribution in [0.25, 0.3) is 11.4 Å². The van der Waals surface area contributed by atoms with Crippen molar-refractivity contribution in [3.63, 3.8) is 0 Å². The Morgan fingerprint density at radius 3 is 3.00 bits per heavy atom. The number of nitrogens with one attached hydrogen (secondary N) is 1. The van der Waals surface area contributed by atoms with E-state index >= 15 is 0 Å². The SMILES string of the molecule is Cc1nc(C2=CCC(C(=O)NCc3ccc(-n4cncn4)nc3)=C2)cs1. The van der Waals surface area contributed by atoms with Crippen LogP contribution in [0.1, 0.15) is 22.7 Å². The lowest BCUT2D eigenvalue weighted by Crippen LogP contribution is -2.24. The van der Waals surface area contributed by atoms with Gasteiger partial charge in [0.1, 0.15) is 12.7 Å². The minimum absolute atomic E-state index is 0.0662. The fourth-order valence-corrected chi connectivity index (χ4v) is 3.26. The first-order valence-corrected chi connectivity index (χ1v) is 8.98. The van der Waals surface area contributed by atoms with E-state index in [1.54, 1.807) is 28.5 Å². The third kappa shape index (κ3) is 3.45. The molecule has 130 valence electrons. The van der Waals surface area contributed by atoms with Crippen molar-refractivity contribution >= 4 is 22.8 Å². The summed E-state index contributed by atoms with van der Waals surface area (Å²) in [7, 11) is 0. The highest BCUT2D eigenvalue weighted by molar-refractivity contribution is 7.09. The van der Waals surface area contributed by atoms with Crippen molar-refractivity contribution in [1.29, 1.82) is 0 Å². The van der Waals surface area contributed by atoms with Gasteiger partial charge in [-0.05, 0) is 36.6 Å². The van der Waals surface area contributed by atoms with Gasteiger partial charge in [-0.15, -0.1) is 11.3 Å². The molecule has 0 fully saturated rings. The summed E-state index contributed by atoms with van der Waals surface area (Å²) in [6.45, 7) is 2.40. The first-order valence-electron chi connectivity index (χ1n) is 8.10. The highest BCUT2D eigenvalue weighted by atomic mass is 32.1. The highest BCUT2D eigenvalue weighted by Crippen LogP contribution is 2.27. The van der Waals surface area contributed by atoms with E-state index in [2.05, 4.69) is 25.4 Å². The summed E-state index contributed by atoms with van der Waals surface area (Å²) in [5.74, 6) is 0.618. The number of thiazole rings is 1. The van der Waals surface area contributed by atoms with Gasteiger partial charge in [-0.3, -0.25) is 4.79 Å². The molecule has 0 radical (unpaired) electrons. The summed E-state index contributed by atoms with van der Waals surface area (Å²) in [4.78, 5) is 25.1. The summed E-state index contributed by atoms with van der Waals surface area (Å²) < 4.78 is 1.58. The summed E-state index contributed by atoms with van der Waals surface area (Å²) in [5.41, 5.74) is 3.61. The number of rotatable bonds is 5. The van der Waals surface area contributed by atoms with Crippen LogP contribution in [0.3, 0.4) is 0 Å². The number of allylic oxidation sites excluding steroid dienone is 3. The van der Waals surface area contributed by atoms with Crippen LogP contribution in [0.4, 0.5) is 0 Å². The topological polar surface area (TPSA) is 85.6 Å². The van der Waals surface area contributed by atoms with Gasteiger partial charge in [0.25, 0.3) is 0 Å². The molecule has 1 aliphatic carbocycles. The molecule has 1 aliphatic rings. The van der Waals surface area contributed by atoms with Crippen molar-refractivity contribution in [2.45, 2.75) is 19.9 Å². The molecule has 26 heavy (non-hydrogen) atoms. The van der Waals surface area contributed by atoms with Gasteiger partial charge in [0, 0.05) is 23.7 Å². The Hall–Kier alpha value is -3.13. The third-order valence-electron chi connectivity index (χ3n) is 3.99. The molecule has 0 spiro atoms. The predicted octanol–water partition coefficient (Wildman–Crippen LogP) is 2.46. The number of hydrogen-bond acceptors (Lipinski definition) is 6. The number of hydrogen-bond donors (Lipinski definition) is 1. The molecular formula is C18H16N6OS. The van der Waals surface area contributed by atoms with Crippen LogP contribution in [0.15, 0.2) is 54.1 Å². The largest absolute Gasteiger partial charge is 0.348 e. The van der Waals surface area contributed by atoms with Crippen LogP contribution >= 0.6 is 11.3 Å². The first kappa shape index (κ1) is 16.3. The zero-order valence-corrected chi connectivity index (χ0v) is 14.9. The van der Waals surface area contributed by atoms with Crippen LogP contribution in [0, 0.1) is 6.92 Å². The summed E-state index contributed by atoms with van der Waals surface area (Å²) in [6.07, 6.45) is 9.35. The number of pyridine rings is 1. The van der Waals surface area contributed by atoms with Crippen molar-refractivity contribution in [2.75, 3.05) is 0 Å². The Morgan fingerprint density at radius 1 is 1.38 bits per heavy atom. The molecule has 0 saturated heterocycles. The van der Waals surface area contributed by atoms with Gasteiger partial charge in [0.15, 0.2) is 5.82 Å². The van der Waals surface area contributed by atoms with E-state index in [1.807, 2.05) is 36.6 Å². The van der Waals surface area contributed by atoms with Crippen LogP contribution in [-0.4, -0.2) is 30.6 Å². The van der Waals surface area contributed by atoms with Gasteiger partial charge in [0.2, 0.25) is 5.91 Å². The minimum atomic E-state index is -0.0662. The van der Waals surface area contributed by atoms with E-state index in [0.717, 1.165) is 27.4 Å². The quantitative estimate of drug-likeness (QED) is 0.752. The Labute approximate surface area is 154 Å². The Kier molecular flexibility index (Phi) is 4.40. The van der Waals surface area contributed by atoms with Gasteiger partial charge >= 0.3 is 0 Å². The molecule has 1 N–H and O–H groups in total. The second-order valence-corrected chi connectivity index (χ2v) is 6.89. The zero-order chi connectivity index (χ0) is 17.9. The van der Waals surface area contributed by atoms with E-state index in [1.165, 1.54) is 6.33 Å². The van der Waals surface area contributed by atoms with Gasteiger partial charge in [-0.1, -0.05) is 12.1 Å². The van der Waals surface area contributed by atoms with E-state index in [4.69, 9.17) is 0 Å². The van der Waals surface area contributed by atoms with Crippen molar-refractivity contribution < 1.29 is 4.79 Å². The van der Waals surface area contributed by atoms with Crippen molar-refractivity contribution in [1.82, 2.24) is 30.0 Å². The average molecular weight is 364 g/mol. The Balaban J connectivity index is 1.36. The lowest BCUT2D eigenvalue weighted by molar-refractivity contribution is -0.117. The third-order valence-corrected chi connectivity index (χ3v) is 4.77. The molecule has 0 aliphatic heterocycles. The Bertz CT molecular complexity index is 985. The van der Waals surface area contributed by atoms with Crippen molar-refractivity contribution in [3.8, 4) is 5.82 Å². The van der Waals surface area contributed by atoms with Crippen molar-refractivity contribution in [2.24, 2.45) is 0 Å². The number of aromatic nitrogens is 5. The predicted molar refractivity (Wildman–Crippen MR) is 98.5 cm³/mol. The maximum absolute atomic E-state index is 12.4. The lowest BCUT2D eigenvalue weighted by atomic mass is 10.2. The van der Waals surface area contributed by atoms with Crippen LogP contribution < -0.4 is 5.32 Å². The molecule has 0 aromatic carbocycles. The molecule has 3 heterocycles. The van der Waals surface area contributed by atoms with E-state index in [0.29, 0.717) is 18.8 Å². The van der Waals surface area contributed by atoms with Gasteiger partial charge in [0.05, 0.1) is 10.7 Å². The molecule has 0 atom stereocenters. The van der Waals surface area contributed by atoms with E-state index < -0.39 is 0 Å². The zero-order valence-electron chi connectivity index (χ0n) is 14.1. The normalized spacial score (nSPS) is 13.4. The summed E-state index contributed by atoms with van der Waals surface area (Å²) in [5, 5.41) is 10.0. The smallest absolute Gasteiger partial charge is 0.247 e. The number of carbonyl (C=O) groups is 1. The van der Waals surface area contributed by atoms with Gasteiger partial charge < -0.3 is 5.32 Å². The minimum Gasteiger partial charge on any atom is -0.348 e. The molecule has 3 aromatic heterocycles. The first-order chi connectivity index (χ1) is 12.7. The fourth-order valence-electron chi connectivity index (χ4n) is 2.64. The summed E-state index contributed by atoms with van der Waals surface area (Å²) in [6, 6.07) is 3.75. The summed E-state index contributed by atoms with van der Waals surface area (Å²) >= 11 is 1.61. The fraction of sp³-hybridized carbons (Fsp3) is 0.167. The molecule has 8 heteroatoms. The number of amides is 1. The van der Waals surface area contributed by atoms with E-state index in [-0.39, 0.29) is 5.91 Å². The van der Waals surface area contributed by atoms with Crippen LogP contribution in [0.5, 0.6) is 0 Å². The van der Waals surface area contributed by atoms with Gasteiger partial charge in [-0.2, -0.15) is 5.10 Å². The lowest BCUT2D eigenvalue weighted by Gasteiger charge is -2.06. The molecule has 1 amide bonds. The van der Waals surface area contributed by atoms with Gasteiger partial charge in [-0.25, -0.2) is 19.6 Å². The van der Waals surface area contributed by atoms with Crippen molar-refractivity contribution in [3.05, 3.63) is 70.4 Å².